The van der Waals surface area contributed by atoms with Crippen molar-refractivity contribution in [3.63, 3.8) is 0 Å². The molecule has 1 saturated carbocycles. The summed E-state index contributed by atoms with van der Waals surface area (Å²) in [6, 6.07) is 10.3. The van der Waals surface area contributed by atoms with Gasteiger partial charge in [0.2, 0.25) is 0 Å². The summed E-state index contributed by atoms with van der Waals surface area (Å²) in [6.45, 7) is 4.06. The number of hydrogen-bond acceptors (Lipinski definition) is 4. The van der Waals surface area contributed by atoms with E-state index in [1.807, 2.05) is 24.4 Å². The molecule has 0 spiro atoms. The Labute approximate surface area is 202 Å². The summed E-state index contributed by atoms with van der Waals surface area (Å²) < 4.78 is 35.4. The molecule has 1 aliphatic carbocycles. The van der Waals surface area contributed by atoms with Gasteiger partial charge in [-0.05, 0) is 68.5 Å². The Morgan fingerprint density at radius 2 is 1.77 bits per heavy atom. The zero-order chi connectivity index (χ0) is 23.9. The van der Waals surface area contributed by atoms with Gasteiger partial charge in [0.1, 0.15) is 29.2 Å². The Morgan fingerprint density at radius 3 is 2.49 bits per heavy atom. The molecule has 4 aromatic rings. The normalized spacial score (nSPS) is 18.6. The fourth-order valence-corrected chi connectivity index (χ4v) is 5.30. The van der Waals surface area contributed by atoms with Crippen LogP contribution in [0.2, 0.25) is 0 Å². The summed E-state index contributed by atoms with van der Waals surface area (Å²) in [5.41, 5.74) is 3.10. The molecule has 0 bridgehead atoms. The van der Waals surface area contributed by atoms with Crippen LogP contribution in [0.15, 0.2) is 48.8 Å². The summed E-state index contributed by atoms with van der Waals surface area (Å²) in [6.07, 6.45) is 9.77. The van der Waals surface area contributed by atoms with Crippen LogP contribution in [-0.2, 0) is 0 Å². The van der Waals surface area contributed by atoms with Gasteiger partial charge < -0.3 is 9.64 Å². The van der Waals surface area contributed by atoms with Crippen LogP contribution in [0.1, 0.15) is 56.7 Å². The smallest absolute Gasteiger partial charge is 0.126 e. The van der Waals surface area contributed by atoms with Gasteiger partial charge in [-0.2, -0.15) is 10.2 Å². The first-order valence-electron chi connectivity index (χ1n) is 12.4. The summed E-state index contributed by atoms with van der Waals surface area (Å²) in [5.74, 6) is -0.629. The molecular weight excluding hydrogens is 448 g/mol. The number of fused-ring (bicyclic) bond motifs is 1. The lowest BCUT2D eigenvalue weighted by molar-refractivity contribution is 0.0842. The van der Waals surface area contributed by atoms with Crippen LogP contribution in [0.25, 0.3) is 22.2 Å². The molecule has 1 aliphatic heterocycles. The maximum absolute atomic E-state index is 13.6. The molecule has 2 aromatic carbocycles. The Kier molecular flexibility index (Phi) is 5.76. The molecule has 1 N–H and O–H groups in total. The molecule has 6 nitrogen and oxygen atoms in total. The monoisotopic (exact) mass is 477 g/mol. The first-order chi connectivity index (χ1) is 17.0. The molecule has 2 aromatic heterocycles. The first kappa shape index (κ1) is 22.2. The van der Waals surface area contributed by atoms with Gasteiger partial charge in [-0.1, -0.05) is 6.42 Å². The number of nitrogens with zero attached hydrogens (tertiary/aromatic N) is 4. The maximum atomic E-state index is 13.6. The maximum Gasteiger partial charge on any atom is 0.126 e. The van der Waals surface area contributed by atoms with Gasteiger partial charge in [0.05, 0.1) is 17.8 Å². The topological polar surface area (TPSA) is 59.0 Å². The van der Waals surface area contributed by atoms with E-state index in [0.717, 1.165) is 60.2 Å². The van der Waals surface area contributed by atoms with Crippen molar-refractivity contribution in [3.8, 4) is 17.0 Å². The molecule has 0 radical (unpaired) electrons. The lowest BCUT2D eigenvalue weighted by Crippen LogP contribution is -2.45. The highest BCUT2D eigenvalue weighted by Crippen LogP contribution is 2.34. The van der Waals surface area contributed by atoms with Gasteiger partial charge in [-0.15, -0.1) is 0 Å². The van der Waals surface area contributed by atoms with E-state index in [1.165, 1.54) is 31.4 Å². The zero-order valence-corrected chi connectivity index (χ0v) is 19.8. The fourth-order valence-electron chi connectivity index (χ4n) is 5.30. The number of aromatic amines is 1. The van der Waals surface area contributed by atoms with Crippen molar-refractivity contribution in [1.82, 2.24) is 24.9 Å². The predicted octanol–water partition coefficient (Wildman–Crippen LogP) is 6.03. The number of nitrogens with one attached hydrogen (secondary N) is 1. The quantitative estimate of drug-likeness (QED) is 0.368. The largest absolute Gasteiger partial charge is 0.486 e. The van der Waals surface area contributed by atoms with Gasteiger partial charge in [0.25, 0.3) is 0 Å². The van der Waals surface area contributed by atoms with Crippen molar-refractivity contribution in [2.45, 2.75) is 57.2 Å². The number of aromatic nitrogens is 4. The highest BCUT2D eigenvalue weighted by Gasteiger charge is 2.29. The van der Waals surface area contributed by atoms with E-state index in [9.17, 15) is 8.78 Å². The standard InChI is InChI=1S/C27H29F2N5O/c1-17(18-11-20(28)13-21(29)12-18)35-24-5-6-26-25(14-24)27(32-31-26)19-15-30-34(16-19)23-7-9-33(10-8-23)22-3-2-4-22/h5-6,11-17,22-23H,2-4,7-10H2,1H3,(H,31,32)/t17-/m1/s1. The van der Waals surface area contributed by atoms with Crippen molar-refractivity contribution in [2.24, 2.45) is 0 Å². The van der Waals surface area contributed by atoms with Crippen molar-refractivity contribution >= 4 is 10.9 Å². The Morgan fingerprint density at radius 1 is 1.00 bits per heavy atom. The summed E-state index contributed by atoms with van der Waals surface area (Å²) in [5, 5.41) is 13.2. The molecular formula is C27H29F2N5O. The zero-order valence-electron chi connectivity index (χ0n) is 19.8. The minimum absolute atomic E-state index is 0.414. The molecule has 0 amide bonds. The third-order valence-electron chi connectivity index (χ3n) is 7.54. The van der Waals surface area contributed by atoms with Crippen LogP contribution in [0.3, 0.4) is 0 Å². The van der Waals surface area contributed by atoms with E-state index in [2.05, 4.69) is 31.1 Å². The molecule has 35 heavy (non-hydrogen) atoms. The molecule has 0 unspecified atom stereocenters. The van der Waals surface area contributed by atoms with E-state index in [0.29, 0.717) is 17.4 Å². The Bertz CT molecular complexity index is 1320. The minimum atomic E-state index is -0.617. The number of benzene rings is 2. The molecule has 2 aliphatic rings. The van der Waals surface area contributed by atoms with Crippen LogP contribution in [0.4, 0.5) is 8.78 Å². The second-order valence-electron chi connectivity index (χ2n) is 9.80. The first-order valence-corrected chi connectivity index (χ1v) is 12.4. The molecule has 2 fully saturated rings. The van der Waals surface area contributed by atoms with Crippen molar-refractivity contribution in [2.75, 3.05) is 13.1 Å². The SMILES string of the molecule is C[C@@H](Oc1ccc2[nH]nc(-c3cnn(C4CCN(C5CCC5)CC4)c3)c2c1)c1cc(F)cc(F)c1. The number of halogens is 2. The van der Waals surface area contributed by atoms with E-state index >= 15 is 0 Å². The molecule has 3 heterocycles. The molecule has 1 atom stereocenters. The molecule has 6 rings (SSSR count). The molecule has 1 saturated heterocycles. The number of hydrogen-bond donors (Lipinski definition) is 1. The molecule has 8 heteroatoms. The number of ether oxygens (including phenoxy) is 1. The van der Waals surface area contributed by atoms with Gasteiger partial charge in [-0.25, -0.2) is 8.78 Å². The van der Waals surface area contributed by atoms with Crippen LogP contribution < -0.4 is 4.74 Å². The highest BCUT2D eigenvalue weighted by molar-refractivity contribution is 5.93. The lowest BCUT2D eigenvalue weighted by Gasteiger charge is -2.41. The van der Waals surface area contributed by atoms with E-state index in [-0.39, 0.29) is 0 Å². The third-order valence-corrected chi connectivity index (χ3v) is 7.54. The van der Waals surface area contributed by atoms with Gasteiger partial charge in [0, 0.05) is 42.3 Å². The average Bonchev–Trinajstić information content (AvgIpc) is 3.45. The number of piperidine rings is 1. The summed E-state index contributed by atoms with van der Waals surface area (Å²) >= 11 is 0. The second kappa shape index (κ2) is 9.07. The lowest BCUT2D eigenvalue weighted by atomic mass is 9.89. The third kappa shape index (κ3) is 4.43. The van der Waals surface area contributed by atoms with Crippen molar-refractivity contribution in [1.29, 1.82) is 0 Å². The Balaban J connectivity index is 1.19. The molecule has 182 valence electrons. The van der Waals surface area contributed by atoms with Gasteiger partial charge in [-0.3, -0.25) is 9.78 Å². The van der Waals surface area contributed by atoms with Crippen molar-refractivity contribution < 1.29 is 13.5 Å². The second-order valence-corrected chi connectivity index (χ2v) is 9.80. The van der Waals surface area contributed by atoms with Gasteiger partial charge >= 0.3 is 0 Å². The fraction of sp³-hybridized carbons (Fsp3) is 0.407. The van der Waals surface area contributed by atoms with Gasteiger partial charge in [0.15, 0.2) is 0 Å². The predicted molar refractivity (Wildman–Crippen MR) is 130 cm³/mol. The van der Waals surface area contributed by atoms with E-state index < -0.39 is 17.7 Å². The minimum Gasteiger partial charge on any atom is -0.486 e. The summed E-state index contributed by atoms with van der Waals surface area (Å²) in [7, 11) is 0. The van der Waals surface area contributed by atoms with E-state index in [1.54, 1.807) is 6.92 Å². The summed E-state index contributed by atoms with van der Waals surface area (Å²) in [4.78, 5) is 2.65. The van der Waals surface area contributed by atoms with Crippen LogP contribution in [0, 0.1) is 11.6 Å². The highest BCUT2D eigenvalue weighted by atomic mass is 19.1. The van der Waals surface area contributed by atoms with Crippen molar-refractivity contribution in [3.05, 3.63) is 66.0 Å². The van der Waals surface area contributed by atoms with Crippen LogP contribution in [0.5, 0.6) is 5.75 Å². The van der Waals surface area contributed by atoms with Crippen LogP contribution in [-0.4, -0.2) is 44.0 Å². The number of likely N-dealkylation sites (tertiary alicyclic amines) is 1. The Hall–Kier alpha value is -3.26. The van der Waals surface area contributed by atoms with Crippen LogP contribution >= 0.6 is 0 Å². The number of rotatable bonds is 6. The number of H-pyrrole nitrogens is 1. The van der Waals surface area contributed by atoms with E-state index in [4.69, 9.17) is 4.74 Å². The average molecular weight is 478 g/mol.